The van der Waals surface area contributed by atoms with Crippen molar-refractivity contribution in [2.24, 2.45) is 0 Å². The third kappa shape index (κ3) is 7.36. The lowest BCUT2D eigenvalue weighted by molar-refractivity contribution is -0.141. The highest BCUT2D eigenvalue weighted by Crippen LogP contribution is 2.41. The van der Waals surface area contributed by atoms with Crippen LogP contribution < -0.4 is 14.4 Å². The minimum absolute atomic E-state index is 0.0356. The Hall–Kier alpha value is -3.43. The van der Waals surface area contributed by atoms with Gasteiger partial charge in [-0.05, 0) is 67.4 Å². The van der Waals surface area contributed by atoms with Gasteiger partial charge in [-0.25, -0.2) is 0 Å². The predicted octanol–water partition coefficient (Wildman–Crippen LogP) is 8.15. The second kappa shape index (κ2) is 12.6. The molecular formula is C28H26Cl2F3NO5. The van der Waals surface area contributed by atoms with E-state index in [1.54, 1.807) is 32.2 Å². The van der Waals surface area contributed by atoms with Gasteiger partial charge >= 0.3 is 12.1 Å². The molecule has 39 heavy (non-hydrogen) atoms. The van der Waals surface area contributed by atoms with Crippen LogP contribution in [0.15, 0.2) is 54.6 Å². The van der Waals surface area contributed by atoms with Crippen LogP contribution in [0.3, 0.4) is 0 Å². The number of esters is 1. The summed E-state index contributed by atoms with van der Waals surface area (Å²) in [6, 6.07) is 11.6. The molecule has 6 nitrogen and oxygen atoms in total. The van der Waals surface area contributed by atoms with E-state index >= 15 is 0 Å². The number of amides is 1. The van der Waals surface area contributed by atoms with E-state index in [1.807, 2.05) is 13.8 Å². The van der Waals surface area contributed by atoms with Crippen molar-refractivity contribution in [3.05, 3.63) is 81.3 Å². The number of ether oxygens (including phenoxy) is 3. The number of hydrogen-bond acceptors (Lipinski definition) is 5. The molecule has 208 valence electrons. The number of carbonyl (C=O) groups excluding carboxylic acids is 2. The Morgan fingerprint density at radius 2 is 1.59 bits per heavy atom. The van der Waals surface area contributed by atoms with E-state index in [2.05, 4.69) is 0 Å². The molecule has 0 aromatic heterocycles. The number of nitrogens with zero attached hydrogens (tertiary/aromatic N) is 1. The third-order valence-electron chi connectivity index (χ3n) is 5.63. The Morgan fingerprint density at radius 1 is 0.974 bits per heavy atom. The van der Waals surface area contributed by atoms with Crippen LogP contribution in [-0.4, -0.2) is 32.1 Å². The number of alkyl halides is 3. The van der Waals surface area contributed by atoms with Gasteiger partial charge in [0.15, 0.2) is 5.75 Å². The number of carbonyl (C=O) groups is 2. The number of benzene rings is 3. The summed E-state index contributed by atoms with van der Waals surface area (Å²) < 4.78 is 55.3. The lowest BCUT2D eigenvalue weighted by Gasteiger charge is -2.23. The van der Waals surface area contributed by atoms with Crippen LogP contribution in [0.25, 0.3) is 0 Å². The normalized spacial score (nSPS) is 11.3. The maximum atomic E-state index is 13.3. The molecule has 3 rings (SSSR count). The highest BCUT2D eigenvalue weighted by atomic mass is 35.5. The molecule has 0 saturated carbocycles. The average molecular weight is 584 g/mol. The zero-order valence-corrected chi connectivity index (χ0v) is 23.1. The van der Waals surface area contributed by atoms with E-state index in [0.29, 0.717) is 11.5 Å². The monoisotopic (exact) mass is 583 g/mol. The number of anilines is 1. The SMILES string of the molecule is CCOC(=O)CN(C(=O)c1ccc(C(F)(F)F)cc1)c1cc(Cl)c(Oc2ccc(OC)c(C(C)C)c2)c(Cl)c1. The minimum atomic E-state index is -4.57. The maximum absolute atomic E-state index is 13.3. The Balaban J connectivity index is 1.98. The molecule has 0 saturated heterocycles. The van der Waals surface area contributed by atoms with E-state index < -0.39 is 30.2 Å². The van der Waals surface area contributed by atoms with Crippen LogP contribution in [0.4, 0.5) is 18.9 Å². The summed E-state index contributed by atoms with van der Waals surface area (Å²) >= 11 is 13.0. The van der Waals surface area contributed by atoms with Gasteiger partial charge in [0, 0.05) is 16.8 Å². The Kier molecular flexibility index (Phi) is 9.74. The van der Waals surface area contributed by atoms with Crippen molar-refractivity contribution >= 4 is 40.8 Å². The largest absolute Gasteiger partial charge is 0.496 e. The van der Waals surface area contributed by atoms with Crippen molar-refractivity contribution in [3.8, 4) is 17.2 Å². The molecule has 0 atom stereocenters. The van der Waals surface area contributed by atoms with E-state index in [1.165, 1.54) is 12.1 Å². The van der Waals surface area contributed by atoms with Crippen molar-refractivity contribution in [2.45, 2.75) is 32.9 Å². The summed E-state index contributed by atoms with van der Waals surface area (Å²) in [4.78, 5) is 26.6. The lowest BCUT2D eigenvalue weighted by Crippen LogP contribution is -2.36. The zero-order valence-electron chi connectivity index (χ0n) is 21.6. The molecule has 0 fully saturated rings. The minimum Gasteiger partial charge on any atom is -0.496 e. The Labute approximate surface area is 234 Å². The summed E-state index contributed by atoms with van der Waals surface area (Å²) in [5.74, 6) is -0.0925. The molecule has 11 heteroatoms. The van der Waals surface area contributed by atoms with Crippen LogP contribution in [0.5, 0.6) is 17.2 Å². The summed E-state index contributed by atoms with van der Waals surface area (Å²) in [7, 11) is 1.57. The fourth-order valence-electron chi connectivity index (χ4n) is 3.72. The van der Waals surface area contributed by atoms with Gasteiger partial charge in [0.05, 0.1) is 29.3 Å². The van der Waals surface area contributed by atoms with Gasteiger partial charge in [-0.2, -0.15) is 13.2 Å². The molecule has 0 aliphatic carbocycles. The van der Waals surface area contributed by atoms with Crippen LogP contribution in [0.2, 0.25) is 10.0 Å². The molecule has 3 aromatic carbocycles. The number of methoxy groups -OCH3 is 1. The smallest absolute Gasteiger partial charge is 0.416 e. The predicted molar refractivity (Wildman–Crippen MR) is 143 cm³/mol. The first kappa shape index (κ1) is 30.1. The first-order chi connectivity index (χ1) is 18.3. The fraction of sp³-hybridized carbons (Fsp3) is 0.286. The molecule has 0 N–H and O–H groups in total. The maximum Gasteiger partial charge on any atom is 0.416 e. The van der Waals surface area contributed by atoms with Gasteiger partial charge in [-0.15, -0.1) is 0 Å². The van der Waals surface area contributed by atoms with E-state index in [0.717, 1.165) is 34.7 Å². The van der Waals surface area contributed by atoms with Crippen molar-refractivity contribution in [1.29, 1.82) is 0 Å². The highest BCUT2D eigenvalue weighted by Gasteiger charge is 2.31. The number of halogens is 5. The Bertz CT molecular complexity index is 1320. The molecule has 0 heterocycles. The van der Waals surface area contributed by atoms with Crippen LogP contribution >= 0.6 is 23.2 Å². The van der Waals surface area contributed by atoms with Crippen molar-refractivity contribution in [2.75, 3.05) is 25.2 Å². The van der Waals surface area contributed by atoms with E-state index in [4.69, 9.17) is 37.4 Å². The molecule has 0 bridgehead atoms. The second-order valence-electron chi connectivity index (χ2n) is 8.67. The summed E-state index contributed by atoms with van der Waals surface area (Å²) in [6.07, 6.45) is -4.57. The summed E-state index contributed by atoms with van der Waals surface area (Å²) in [5.41, 5.74) is 0.0246. The van der Waals surface area contributed by atoms with Crippen molar-refractivity contribution in [1.82, 2.24) is 0 Å². The quantitative estimate of drug-likeness (QED) is 0.238. The number of rotatable bonds is 9. The lowest BCUT2D eigenvalue weighted by atomic mass is 10.0. The average Bonchev–Trinajstić information content (AvgIpc) is 2.88. The highest BCUT2D eigenvalue weighted by molar-refractivity contribution is 6.37. The first-order valence-corrected chi connectivity index (χ1v) is 12.6. The van der Waals surface area contributed by atoms with Gasteiger partial charge in [0.1, 0.15) is 18.0 Å². The second-order valence-corrected chi connectivity index (χ2v) is 9.48. The molecule has 0 unspecified atom stereocenters. The van der Waals surface area contributed by atoms with Crippen LogP contribution in [0, 0.1) is 0 Å². The van der Waals surface area contributed by atoms with Crippen LogP contribution in [-0.2, 0) is 15.7 Å². The molecule has 0 aliphatic rings. The molecular weight excluding hydrogens is 558 g/mol. The topological polar surface area (TPSA) is 65.1 Å². The first-order valence-electron chi connectivity index (χ1n) is 11.8. The Morgan fingerprint density at radius 3 is 2.10 bits per heavy atom. The zero-order chi connectivity index (χ0) is 28.9. The third-order valence-corrected chi connectivity index (χ3v) is 6.20. The summed E-state index contributed by atoms with van der Waals surface area (Å²) in [5, 5.41) is 0.0713. The standard InChI is InChI=1S/C28H26Cl2F3NO5/c1-5-38-25(35)15-34(27(36)17-6-8-18(9-7-17)28(31,32)33)19-12-22(29)26(23(30)13-19)39-20-10-11-24(37-4)21(14-20)16(2)3/h6-14,16H,5,15H2,1-4H3. The summed E-state index contributed by atoms with van der Waals surface area (Å²) in [6.45, 7) is 5.14. The van der Waals surface area contributed by atoms with Gasteiger partial charge in [0.2, 0.25) is 0 Å². The molecule has 0 aliphatic heterocycles. The molecule has 0 spiro atoms. The van der Waals surface area contributed by atoms with Crippen LogP contribution in [0.1, 0.15) is 48.2 Å². The van der Waals surface area contributed by atoms with Gasteiger partial charge < -0.3 is 14.2 Å². The van der Waals surface area contributed by atoms with Crippen molar-refractivity contribution < 1.29 is 37.0 Å². The fourth-order valence-corrected chi connectivity index (χ4v) is 4.27. The van der Waals surface area contributed by atoms with Crippen molar-refractivity contribution in [3.63, 3.8) is 0 Å². The molecule has 0 radical (unpaired) electrons. The van der Waals surface area contributed by atoms with Gasteiger partial charge in [-0.3, -0.25) is 14.5 Å². The van der Waals surface area contributed by atoms with E-state index in [-0.39, 0.29) is 39.6 Å². The van der Waals surface area contributed by atoms with Gasteiger partial charge in [0.25, 0.3) is 5.91 Å². The molecule has 3 aromatic rings. The number of hydrogen-bond donors (Lipinski definition) is 0. The molecule has 1 amide bonds. The van der Waals surface area contributed by atoms with E-state index in [9.17, 15) is 22.8 Å². The van der Waals surface area contributed by atoms with Gasteiger partial charge in [-0.1, -0.05) is 37.0 Å².